The first-order chi connectivity index (χ1) is 7.65. The number of carboxylic acids is 1. The maximum absolute atomic E-state index is 10.9. The number of fused-ring (bicyclic) bond motifs is 1. The van der Waals surface area contributed by atoms with Crippen molar-refractivity contribution in [3.8, 4) is 0 Å². The first-order valence-electron chi connectivity index (χ1n) is 4.48. The van der Waals surface area contributed by atoms with E-state index in [0.717, 1.165) is 0 Å². The molecule has 0 saturated heterocycles. The molecule has 1 N–H and O–H groups in total. The van der Waals surface area contributed by atoms with E-state index in [-0.39, 0.29) is 12.1 Å². The molecular formula is C10H7ClN2O3. The lowest BCUT2D eigenvalue weighted by molar-refractivity contribution is -0.107. The van der Waals surface area contributed by atoms with Crippen molar-refractivity contribution in [2.45, 2.75) is 6.42 Å². The van der Waals surface area contributed by atoms with E-state index < -0.39 is 5.97 Å². The van der Waals surface area contributed by atoms with Crippen LogP contribution in [0.5, 0.6) is 0 Å². The highest BCUT2D eigenvalue weighted by atomic mass is 35.5. The average Bonchev–Trinajstić information content (AvgIpc) is 2.59. The van der Waals surface area contributed by atoms with Crippen molar-refractivity contribution in [2.24, 2.45) is 0 Å². The summed E-state index contributed by atoms with van der Waals surface area (Å²) in [5, 5.41) is 9.28. The molecule has 0 aliphatic rings. The molecule has 0 unspecified atom stereocenters. The number of carbonyl (C=O) groups is 2. The molecule has 0 bridgehead atoms. The second kappa shape index (κ2) is 3.94. The van der Waals surface area contributed by atoms with Crippen molar-refractivity contribution < 1.29 is 14.7 Å². The van der Waals surface area contributed by atoms with E-state index in [9.17, 15) is 9.59 Å². The van der Waals surface area contributed by atoms with E-state index in [2.05, 4.69) is 4.98 Å². The topological polar surface area (TPSA) is 71.7 Å². The quantitative estimate of drug-likeness (QED) is 0.649. The van der Waals surface area contributed by atoms with E-state index in [1.165, 1.54) is 4.40 Å². The fourth-order valence-corrected chi connectivity index (χ4v) is 1.80. The van der Waals surface area contributed by atoms with Crippen LogP contribution in [-0.4, -0.2) is 26.7 Å². The van der Waals surface area contributed by atoms with Crippen molar-refractivity contribution in [1.82, 2.24) is 9.38 Å². The minimum Gasteiger partial charge on any atom is -0.476 e. The maximum Gasteiger partial charge on any atom is 0.356 e. The van der Waals surface area contributed by atoms with Gasteiger partial charge in [-0.3, -0.25) is 4.40 Å². The van der Waals surface area contributed by atoms with Crippen LogP contribution in [0.25, 0.3) is 5.52 Å². The molecule has 0 saturated carbocycles. The van der Waals surface area contributed by atoms with Crippen molar-refractivity contribution in [3.05, 3.63) is 34.9 Å². The Morgan fingerprint density at radius 1 is 1.56 bits per heavy atom. The third kappa shape index (κ3) is 1.55. The number of aromatic nitrogens is 2. The van der Waals surface area contributed by atoms with Crippen LogP contribution in [0.15, 0.2) is 18.2 Å². The number of hydrogen-bond acceptors (Lipinski definition) is 3. The first kappa shape index (κ1) is 10.6. The zero-order chi connectivity index (χ0) is 11.7. The number of imidazole rings is 1. The van der Waals surface area contributed by atoms with Gasteiger partial charge in [-0.15, -0.1) is 0 Å². The largest absolute Gasteiger partial charge is 0.476 e. The fraction of sp³-hybridized carbons (Fsp3) is 0.100. The van der Waals surface area contributed by atoms with Gasteiger partial charge in [-0.2, -0.15) is 0 Å². The zero-order valence-electron chi connectivity index (χ0n) is 8.05. The van der Waals surface area contributed by atoms with Crippen LogP contribution in [0.1, 0.15) is 16.3 Å². The van der Waals surface area contributed by atoms with E-state index in [1.807, 2.05) is 0 Å². The fourth-order valence-electron chi connectivity index (χ4n) is 1.54. The van der Waals surface area contributed by atoms with Crippen LogP contribution < -0.4 is 0 Å². The summed E-state index contributed by atoms with van der Waals surface area (Å²) in [6.45, 7) is 0. The van der Waals surface area contributed by atoms with Crippen LogP contribution in [0.3, 0.4) is 0 Å². The number of pyridine rings is 1. The van der Waals surface area contributed by atoms with Crippen molar-refractivity contribution in [3.63, 3.8) is 0 Å². The third-order valence-electron chi connectivity index (χ3n) is 2.15. The maximum atomic E-state index is 10.9. The van der Waals surface area contributed by atoms with Crippen LogP contribution in [0, 0.1) is 0 Å². The molecule has 0 aliphatic heterocycles. The van der Waals surface area contributed by atoms with Gasteiger partial charge in [-0.25, -0.2) is 9.78 Å². The normalized spacial score (nSPS) is 10.6. The summed E-state index contributed by atoms with van der Waals surface area (Å²) in [6.07, 6.45) is 0.682. The SMILES string of the molecule is O=CCc1nc(C(=O)O)c2cccc(Cl)n12. The zero-order valence-corrected chi connectivity index (χ0v) is 8.81. The summed E-state index contributed by atoms with van der Waals surface area (Å²) >= 11 is 5.93. The second-order valence-electron chi connectivity index (χ2n) is 3.12. The predicted molar refractivity (Wildman–Crippen MR) is 56.9 cm³/mol. The number of hydrogen-bond donors (Lipinski definition) is 1. The molecule has 0 atom stereocenters. The van der Waals surface area contributed by atoms with Gasteiger partial charge in [0.2, 0.25) is 0 Å². The van der Waals surface area contributed by atoms with E-state index in [4.69, 9.17) is 16.7 Å². The van der Waals surface area contributed by atoms with E-state index in [1.54, 1.807) is 18.2 Å². The standard InChI is InChI=1S/C10H7ClN2O3/c11-7-3-1-2-6-9(10(15)16)12-8(4-5-14)13(6)7/h1-3,5H,4H2,(H,15,16). The lowest BCUT2D eigenvalue weighted by Crippen LogP contribution is -1.97. The monoisotopic (exact) mass is 238 g/mol. The minimum absolute atomic E-state index is 0.0260. The molecule has 0 amide bonds. The Labute approximate surface area is 95.3 Å². The number of carbonyl (C=O) groups excluding carboxylic acids is 1. The molecule has 2 heterocycles. The van der Waals surface area contributed by atoms with Gasteiger partial charge >= 0.3 is 5.97 Å². The lowest BCUT2D eigenvalue weighted by Gasteiger charge is -1.99. The highest BCUT2D eigenvalue weighted by molar-refractivity contribution is 6.30. The highest BCUT2D eigenvalue weighted by Gasteiger charge is 2.17. The number of halogens is 1. The van der Waals surface area contributed by atoms with Crippen molar-refractivity contribution in [1.29, 1.82) is 0 Å². The third-order valence-corrected chi connectivity index (χ3v) is 2.45. The van der Waals surface area contributed by atoms with Crippen molar-refractivity contribution in [2.75, 3.05) is 0 Å². The second-order valence-corrected chi connectivity index (χ2v) is 3.51. The Balaban J connectivity index is 2.81. The number of nitrogens with zero attached hydrogens (tertiary/aromatic N) is 2. The molecular weight excluding hydrogens is 232 g/mol. The molecule has 2 aromatic rings. The smallest absolute Gasteiger partial charge is 0.356 e. The first-order valence-corrected chi connectivity index (χ1v) is 4.85. The van der Waals surface area contributed by atoms with Crippen LogP contribution >= 0.6 is 11.6 Å². The van der Waals surface area contributed by atoms with Crippen LogP contribution in [0.2, 0.25) is 5.15 Å². The predicted octanol–water partition coefficient (Wildman–Crippen LogP) is 1.43. The summed E-state index contributed by atoms with van der Waals surface area (Å²) in [5.41, 5.74) is 0.288. The van der Waals surface area contributed by atoms with Gasteiger partial charge in [0.25, 0.3) is 0 Å². The molecule has 0 aromatic carbocycles. The van der Waals surface area contributed by atoms with Crippen molar-refractivity contribution >= 4 is 29.4 Å². The Morgan fingerprint density at radius 3 is 2.94 bits per heavy atom. The molecule has 0 fully saturated rings. The van der Waals surface area contributed by atoms with Crippen LogP contribution in [0.4, 0.5) is 0 Å². The molecule has 2 aromatic heterocycles. The van der Waals surface area contributed by atoms with Gasteiger partial charge in [0.1, 0.15) is 17.3 Å². The molecule has 82 valence electrons. The highest BCUT2D eigenvalue weighted by Crippen LogP contribution is 2.19. The summed E-state index contributed by atoms with van der Waals surface area (Å²) in [4.78, 5) is 25.3. The van der Waals surface area contributed by atoms with Gasteiger partial charge in [-0.05, 0) is 12.1 Å². The summed E-state index contributed by atoms with van der Waals surface area (Å²) in [6, 6.07) is 4.84. The minimum atomic E-state index is -1.14. The molecule has 5 nitrogen and oxygen atoms in total. The summed E-state index contributed by atoms with van der Waals surface area (Å²) in [5.74, 6) is -0.815. The Bertz CT molecular complexity index is 577. The Morgan fingerprint density at radius 2 is 2.31 bits per heavy atom. The van der Waals surface area contributed by atoms with Gasteiger partial charge in [0.15, 0.2) is 5.69 Å². The molecule has 6 heteroatoms. The lowest BCUT2D eigenvalue weighted by atomic mass is 10.3. The van der Waals surface area contributed by atoms with Gasteiger partial charge < -0.3 is 9.90 Å². The molecule has 16 heavy (non-hydrogen) atoms. The number of aromatic carboxylic acids is 1. The number of rotatable bonds is 3. The van der Waals surface area contributed by atoms with Crippen LogP contribution in [-0.2, 0) is 11.2 Å². The molecule has 0 aliphatic carbocycles. The van der Waals surface area contributed by atoms with Gasteiger partial charge in [0.05, 0.1) is 11.9 Å². The number of aldehydes is 1. The molecule has 0 spiro atoms. The Hall–Kier alpha value is -1.88. The molecule has 2 rings (SSSR count). The van der Waals surface area contributed by atoms with Gasteiger partial charge in [-0.1, -0.05) is 17.7 Å². The van der Waals surface area contributed by atoms with Gasteiger partial charge in [0, 0.05) is 0 Å². The average molecular weight is 239 g/mol. The summed E-state index contributed by atoms with van der Waals surface area (Å²) < 4.78 is 1.46. The molecule has 0 radical (unpaired) electrons. The van der Waals surface area contributed by atoms with E-state index >= 15 is 0 Å². The Kier molecular flexibility index (Phi) is 2.62. The number of carboxylic acid groups (broad SMARTS) is 1. The summed E-state index contributed by atoms with van der Waals surface area (Å²) in [7, 11) is 0. The van der Waals surface area contributed by atoms with E-state index in [0.29, 0.717) is 22.8 Å².